The topological polar surface area (TPSA) is 26.0 Å². The molecule has 0 aliphatic rings. The summed E-state index contributed by atoms with van der Waals surface area (Å²) in [7, 11) is 0. The molecule has 1 heteroatoms. The first-order valence-corrected chi connectivity index (χ1v) is 4.51. The molecule has 1 aromatic rings. The predicted molar refractivity (Wildman–Crippen MR) is 53.3 cm³/mol. The lowest BCUT2D eigenvalue weighted by Gasteiger charge is -2.07. The molecule has 0 aliphatic heterocycles. The van der Waals surface area contributed by atoms with Crippen molar-refractivity contribution in [1.29, 1.82) is 0 Å². The molecular weight excluding hydrogens is 146 g/mol. The van der Waals surface area contributed by atoms with Crippen LogP contribution in [-0.2, 0) is 6.42 Å². The smallest absolute Gasteiger partial charge is 0.00741 e. The van der Waals surface area contributed by atoms with Crippen LogP contribution in [0.5, 0.6) is 0 Å². The van der Waals surface area contributed by atoms with Crippen LogP contribution in [0.3, 0.4) is 0 Å². The Labute approximate surface area is 74.6 Å². The standard InChI is InChI=1S/C11H17N/c1-9-5-3-6-10(2)11(9)7-4-8-12/h3,5-6H,4,7-8,12H2,1-2H3. The Morgan fingerprint density at radius 2 is 1.75 bits per heavy atom. The summed E-state index contributed by atoms with van der Waals surface area (Å²) in [5.74, 6) is 0. The molecule has 0 bridgehead atoms. The largest absolute Gasteiger partial charge is 0.330 e. The summed E-state index contributed by atoms with van der Waals surface area (Å²) in [5, 5.41) is 0. The quantitative estimate of drug-likeness (QED) is 0.726. The molecule has 0 radical (unpaired) electrons. The van der Waals surface area contributed by atoms with Gasteiger partial charge < -0.3 is 5.73 Å². The zero-order valence-electron chi connectivity index (χ0n) is 7.93. The van der Waals surface area contributed by atoms with E-state index in [0.29, 0.717) is 0 Å². The van der Waals surface area contributed by atoms with Crippen LogP contribution >= 0.6 is 0 Å². The molecule has 0 atom stereocenters. The summed E-state index contributed by atoms with van der Waals surface area (Å²) in [6.45, 7) is 5.12. The van der Waals surface area contributed by atoms with E-state index in [2.05, 4.69) is 32.0 Å². The Morgan fingerprint density at radius 3 is 2.25 bits per heavy atom. The second-order valence-electron chi connectivity index (χ2n) is 3.26. The highest BCUT2D eigenvalue weighted by atomic mass is 14.5. The van der Waals surface area contributed by atoms with Gasteiger partial charge in [0.05, 0.1) is 0 Å². The van der Waals surface area contributed by atoms with E-state index >= 15 is 0 Å². The Kier molecular flexibility index (Phi) is 3.30. The van der Waals surface area contributed by atoms with E-state index in [1.807, 2.05) is 0 Å². The molecule has 2 N–H and O–H groups in total. The van der Waals surface area contributed by atoms with Gasteiger partial charge in [0.15, 0.2) is 0 Å². The maximum atomic E-state index is 5.48. The molecule has 0 aromatic heterocycles. The summed E-state index contributed by atoms with van der Waals surface area (Å²) in [5.41, 5.74) is 9.74. The number of rotatable bonds is 3. The summed E-state index contributed by atoms with van der Waals surface area (Å²) in [6, 6.07) is 6.44. The first-order chi connectivity index (χ1) is 5.75. The minimum atomic E-state index is 0.785. The predicted octanol–water partition coefficient (Wildman–Crippen LogP) is 2.19. The molecule has 1 nitrogen and oxygen atoms in total. The van der Waals surface area contributed by atoms with Gasteiger partial charge in [-0.1, -0.05) is 18.2 Å². The van der Waals surface area contributed by atoms with Gasteiger partial charge in [-0.05, 0) is 49.9 Å². The third-order valence-electron chi connectivity index (χ3n) is 2.28. The van der Waals surface area contributed by atoms with E-state index in [4.69, 9.17) is 5.73 Å². The minimum Gasteiger partial charge on any atom is -0.330 e. The van der Waals surface area contributed by atoms with Crippen molar-refractivity contribution in [1.82, 2.24) is 0 Å². The monoisotopic (exact) mass is 163 g/mol. The number of hydrogen-bond donors (Lipinski definition) is 1. The fourth-order valence-corrected chi connectivity index (χ4v) is 1.52. The average molecular weight is 163 g/mol. The first-order valence-electron chi connectivity index (χ1n) is 4.51. The zero-order chi connectivity index (χ0) is 8.97. The van der Waals surface area contributed by atoms with Crippen LogP contribution in [0.25, 0.3) is 0 Å². The molecule has 0 saturated carbocycles. The van der Waals surface area contributed by atoms with Crippen LogP contribution in [-0.4, -0.2) is 6.54 Å². The highest BCUT2D eigenvalue weighted by Crippen LogP contribution is 2.14. The second kappa shape index (κ2) is 4.27. The fourth-order valence-electron chi connectivity index (χ4n) is 1.52. The molecule has 66 valence electrons. The third-order valence-corrected chi connectivity index (χ3v) is 2.28. The van der Waals surface area contributed by atoms with Gasteiger partial charge in [-0.15, -0.1) is 0 Å². The molecule has 1 rings (SSSR count). The van der Waals surface area contributed by atoms with Crippen LogP contribution < -0.4 is 5.73 Å². The van der Waals surface area contributed by atoms with Crippen molar-refractivity contribution in [2.45, 2.75) is 26.7 Å². The Balaban J connectivity index is 2.81. The van der Waals surface area contributed by atoms with Gasteiger partial charge in [0.1, 0.15) is 0 Å². The van der Waals surface area contributed by atoms with Gasteiger partial charge in [0.2, 0.25) is 0 Å². The maximum absolute atomic E-state index is 5.48. The van der Waals surface area contributed by atoms with Gasteiger partial charge in [-0.25, -0.2) is 0 Å². The number of aryl methyl sites for hydroxylation is 2. The molecule has 0 heterocycles. The van der Waals surface area contributed by atoms with Crippen LogP contribution in [0.1, 0.15) is 23.1 Å². The second-order valence-corrected chi connectivity index (χ2v) is 3.26. The molecule has 0 aliphatic carbocycles. The first kappa shape index (κ1) is 9.27. The van der Waals surface area contributed by atoms with Gasteiger partial charge in [0.25, 0.3) is 0 Å². The van der Waals surface area contributed by atoms with Crippen LogP contribution in [0, 0.1) is 13.8 Å². The minimum absolute atomic E-state index is 0.785. The summed E-state index contributed by atoms with van der Waals surface area (Å²) in [4.78, 5) is 0. The van der Waals surface area contributed by atoms with E-state index in [-0.39, 0.29) is 0 Å². The maximum Gasteiger partial charge on any atom is -0.00741 e. The number of hydrogen-bond acceptors (Lipinski definition) is 1. The zero-order valence-corrected chi connectivity index (χ0v) is 7.93. The highest BCUT2D eigenvalue weighted by Gasteiger charge is 1.99. The molecule has 12 heavy (non-hydrogen) atoms. The van der Waals surface area contributed by atoms with Crippen molar-refractivity contribution in [3.63, 3.8) is 0 Å². The third kappa shape index (κ3) is 2.08. The van der Waals surface area contributed by atoms with E-state index in [0.717, 1.165) is 19.4 Å². The van der Waals surface area contributed by atoms with Crippen molar-refractivity contribution in [2.75, 3.05) is 6.54 Å². The molecular formula is C11H17N. The normalized spacial score (nSPS) is 10.2. The van der Waals surface area contributed by atoms with E-state index in [1.165, 1.54) is 16.7 Å². The summed E-state index contributed by atoms with van der Waals surface area (Å²) < 4.78 is 0. The lowest BCUT2D eigenvalue weighted by molar-refractivity contribution is 0.823. The van der Waals surface area contributed by atoms with Crippen molar-refractivity contribution in [3.05, 3.63) is 34.9 Å². The molecule has 0 fully saturated rings. The Hall–Kier alpha value is -0.820. The van der Waals surface area contributed by atoms with Gasteiger partial charge >= 0.3 is 0 Å². The van der Waals surface area contributed by atoms with Gasteiger partial charge in [-0.2, -0.15) is 0 Å². The average Bonchev–Trinajstić information content (AvgIpc) is 2.04. The van der Waals surface area contributed by atoms with Crippen molar-refractivity contribution in [3.8, 4) is 0 Å². The van der Waals surface area contributed by atoms with Crippen LogP contribution in [0.2, 0.25) is 0 Å². The molecule has 0 spiro atoms. The molecule has 1 aromatic carbocycles. The Bertz CT molecular complexity index is 233. The SMILES string of the molecule is Cc1cccc(C)c1CCCN. The van der Waals surface area contributed by atoms with Crippen LogP contribution in [0.15, 0.2) is 18.2 Å². The highest BCUT2D eigenvalue weighted by molar-refractivity contribution is 5.33. The van der Waals surface area contributed by atoms with Crippen LogP contribution in [0.4, 0.5) is 0 Å². The van der Waals surface area contributed by atoms with E-state index < -0.39 is 0 Å². The van der Waals surface area contributed by atoms with Gasteiger partial charge in [0, 0.05) is 0 Å². The molecule has 0 unspecified atom stereocenters. The lowest BCUT2D eigenvalue weighted by Crippen LogP contribution is -2.02. The van der Waals surface area contributed by atoms with Crippen molar-refractivity contribution < 1.29 is 0 Å². The van der Waals surface area contributed by atoms with E-state index in [1.54, 1.807) is 0 Å². The Morgan fingerprint density at radius 1 is 1.17 bits per heavy atom. The van der Waals surface area contributed by atoms with Gasteiger partial charge in [-0.3, -0.25) is 0 Å². The fraction of sp³-hybridized carbons (Fsp3) is 0.455. The number of nitrogens with two attached hydrogens (primary N) is 1. The number of benzene rings is 1. The lowest BCUT2D eigenvalue weighted by atomic mass is 9.99. The summed E-state index contributed by atoms with van der Waals surface area (Å²) >= 11 is 0. The summed E-state index contributed by atoms with van der Waals surface area (Å²) in [6.07, 6.45) is 2.21. The van der Waals surface area contributed by atoms with Crippen molar-refractivity contribution >= 4 is 0 Å². The van der Waals surface area contributed by atoms with E-state index in [9.17, 15) is 0 Å². The van der Waals surface area contributed by atoms with Crippen molar-refractivity contribution in [2.24, 2.45) is 5.73 Å². The molecule has 0 saturated heterocycles. The molecule has 0 amide bonds.